The standard InChI is InChI=1S/C17H14N4O6S/c1-2-27-17(24)11-5-6-28-15(11)19-14(22)8-20-9-18-13-4-3-10(21(25)26)7-12(13)16(20)23/h3-7,9H,2,8H2,1H3,(H,19,22). The Morgan fingerprint density at radius 1 is 1.36 bits per heavy atom. The van der Waals surface area contributed by atoms with Crippen LogP contribution in [0.2, 0.25) is 0 Å². The van der Waals surface area contributed by atoms with Gasteiger partial charge in [-0.2, -0.15) is 0 Å². The van der Waals surface area contributed by atoms with Gasteiger partial charge in [-0.15, -0.1) is 11.3 Å². The van der Waals surface area contributed by atoms with Crippen molar-refractivity contribution in [3.05, 3.63) is 62.0 Å². The molecule has 1 N–H and O–H groups in total. The average Bonchev–Trinajstić information content (AvgIpc) is 3.12. The number of fused-ring (bicyclic) bond motifs is 1. The third-order valence-electron chi connectivity index (χ3n) is 3.75. The number of hydrogen-bond donors (Lipinski definition) is 1. The van der Waals surface area contributed by atoms with Gasteiger partial charge >= 0.3 is 5.97 Å². The summed E-state index contributed by atoms with van der Waals surface area (Å²) in [6.07, 6.45) is 1.19. The van der Waals surface area contributed by atoms with Gasteiger partial charge in [-0.25, -0.2) is 9.78 Å². The normalized spacial score (nSPS) is 10.6. The maximum absolute atomic E-state index is 12.6. The number of thiophene rings is 1. The molecule has 0 saturated carbocycles. The molecule has 2 heterocycles. The van der Waals surface area contributed by atoms with Crippen molar-refractivity contribution in [3.63, 3.8) is 0 Å². The molecule has 11 heteroatoms. The number of carbonyl (C=O) groups excluding carboxylic acids is 2. The van der Waals surface area contributed by atoms with Gasteiger partial charge < -0.3 is 10.1 Å². The van der Waals surface area contributed by atoms with E-state index in [1.807, 2.05) is 0 Å². The molecule has 28 heavy (non-hydrogen) atoms. The number of anilines is 1. The van der Waals surface area contributed by atoms with Crippen molar-refractivity contribution in [2.24, 2.45) is 0 Å². The van der Waals surface area contributed by atoms with Crippen LogP contribution >= 0.6 is 11.3 Å². The molecule has 1 aromatic carbocycles. The van der Waals surface area contributed by atoms with E-state index >= 15 is 0 Å². The van der Waals surface area contributed by atoms with E-state index in [-0.39, 0.29) is 35.3 Å². The Morgan fingerprint density at radius 2 is 2.14 bits per heavy atom. The second-order valence-corrected chi connectivity index (χ2v) is 6.48. The Morgan fingerprint density at radius 3 is 2.86 bits per heavy atom. The predicted molar refractivity (Wildman–Crippen MR) is 102 cm³/mol. The minimum atomic E-state index is -0.614. The number of ether oxygens (including phenoxy) is 1. The summed E-state index contributed by atoms with van der Waals surface area (Å²) in [6.45, 7) is 1.50. The largest absolute Gasteiger partial charge is 0.462 e. The smallest absolute Gasteiger partial charge is 0.341 e. The number of nitro benzene ring substituents is 1. The quantitative estimate of drug-likeness (QED) is 0.379. The van der Waals surface area contributed by atoms with Gasteiger partial charge in [0, 0.05) is 12.1 Å². The highest BCUT2D eigenvalue weighted by atomic mass is 32.1. The van der Waals surface area contributed by atoms with Crippen LogP contribution in [0, 0.1) is 10.1 Å². The molecule has 1 amide bonds. The minimum Gasteiger partial charge on any atom is -0.462 e. The topological polar surface area (TPSA) is 133 Å². The van der Waals surface area contributed by atoms with Crippen molar-refractivity contribution in [2.45, 2.75) is 13.5 Å². The summed E-state index contributed by atoms with van der Waals surface area (Å²) in [6, 6.07) is 5.27. The Kier molecular flexibility index (Phi) is 5.45. The van der Waals surface area contributed by atoms with E-state index in [0.717, 1.165) is 22.0 Å². The number of esters is 1. The molecule has 0 aliphatic heterocycles. The van der Waals surface area contributed by atoms with Crippen LogP contribution in [0.5, 0.6) is 0 Å². The highest BCUT2D eigenvalue weighted by Gasteiger charge is 2.17. The first-order chi connectivity index (χ1) is 13.4. The molecule has 0 aliphatic carbocycles. The number of nitrogens with zero attached hydrogens (tertiary/aromatic N) is 3. The lowest BCUT2D eigenvalue weighted by molar-refractivity contribution is -0.384. The Bertz CT molecular complexity index is 1140. The molecular formula is C17H14N4O6S. The molecule has 0 fully saturated rings. The number of benzene rings is 1. The maximum Gasteiger partial charge on any atom is 0.341 e. The second-order valence-electron chi connectivity index (χ2n) is 5.57. The maximum atomic E-state index is 12.6. The number of non-ortho nitro benzene ring substituents is 1. The molecule has 0 spiro atoms. The fourth-order valence-corrected chi connectivity index (χ4v) is 3.26. The summed E-state index contributed by atoms with van der Waals surface area (Å²) in [7, 11) is 0. The van der Waals surface area contributed by atoms with Gasteiger partial charge in [0.2, 0.25) is 5.91 Å². The van der Waals surface area contributed by atoms with Gasteiger partial charge in [0.05, 0.1) is 34.3 Å². The third kappa shape index (κ3) is 3.88. The molecule has 0 saturated heterocycles. The summed E-state index contributed by atoms with van der Waals surface area (Å²) in [5.41, 5.74) is -0.318. The third-order valence-corrected chi connectivity index (χ3v) is 4.58. The van der Waals surface area contributed by atoms with E-state index in [1.54, 1.807) is 12.3 Å². The molecule has 0 radical (unpaired) electrons. The zero-order valence-electron chi connectivity index (χ0n) is 14.6. The van der Waals surface area contributed by atoms with Crippen LogP contribution in [0.25, 0.3) is 10.9 Å². The molecule has 0 unspecified atom stereocenters. The molecule has 144 valence electrons. The van der Waals surface area contributed by atoms with Gasteiger partial charge in [0.1, 0.15) is 11.5 Å². The summed E-state index contributed by atoms with van der Waals surface area (Å²) in [5, 5.41) is 15.4. The second kappa shape index (κ2) is 7.96. The van der Waals surface area contributed by atoms with Crippen LogP contribution in [0.15, 0.2) is 40.8 Å². The van der Waals surface area contributed by atoms with E-state index < -0.39 is 22.4 Å². The van der Waals surface area contributed by atoms with Crippen molar-refractivity contribution in [2.75, 3.05) is 11.9 Å². The molecule has 0 aliphatic rings. The van der Waals surface area contributed by atoms with Crippen LogP contribution in [-0.4, -0.2) is 33.0 Å². The first-order valence-corrected chi connectivity index (χ1v) is 8.96. The van der Waals surface area contributed by atoms with Gasteiger partial charge in [-0.05, 0) is 24.4 Å². The monoisotopic (exact) mass is 402 g/mol. The fraction of sp³-hybridized carbons (Fsp3) is 0.176. The average molecular weight is 402 g/mol. The van der Waals surface area contributed by atoms with E-state index in [9.17, 15) is 24.5 Å². The molecule has 10 nitrogen and oxygen atoms in total. The van der Waals surface area contributed by atoms with E-state index in [2.05, 4.69) is 10.3 Å². The van der Waals surface area contributed by atoms with E-state index in [0.29, 0.717) is 5.00 Å². The summed E-state index contributed by atoms with van der Waals surface area (Å²) >= 11 is 1.14. The number of amides is 1. The Labute approximate surface area is 161 Å². The first kappa shape index (κ1) is 19.2. The SMILES string of the molecule is CCOC(=O)c1ccsc1NC(=O)Cn1cnc2ccc([N+](=O)[O-])cc2c1=O. The molecular weight excluding hydrogens is 388 g/mol. The molecule has 3 rings (SSSR count). The highest BCUT2D eigenvalue weighted by molar-refractivity contribution is 7.14. The zero-order valence-corrected chi connectivity index (χ0v) is 15.4. The molecule has 2 aromatic heterocycles. The van der Waals surface area contributed by atoms with Gasteiger partial charge in [0.25, 0.3) is 11.2 Å². The van der Waals surface area contributed by atoms with Crippen LogP contribution in [0.4, 0.5) is 10.7 Å². The van der Waals surface area contributed by atoms with Crippen molar-refractivity contribution >= 4 is 44.8 Å². The van der Waals surface area contributed by atoms with Crippen LogP contribution in [0.3, 0.4) is 0 Å². The molecule has 3 aromatic rings. The minimum absolute atomic E-state index is 0.0350. The van der Waals surface area contributed by atoms with Gasteiger partial charge in [-0.1, -0.05) is 0 Å². The Hall–Kier alpha value is -3.60. The molecule has 0 atom stereocenters. The molecule has 0 bridgehead atoms. The van der Waals surface area contributed by atoms with Crippen LogP contribution in [-0.2, 0) is 16.1 Å². The van der Waals surface area contributed by atoms with Crippen molar-refractivity contribution in [1.29, 1.82) is 0 Å². The predicted octanol–water partition coefficient (Wildman–Crippen LogP) is 2.18. The number of hydrogen-bond acceptors (Lipinski definition) is 8. The summed E-state index contributed by atoms with van der Waals surface area (Å²) < 4.78 is 5.96. The van der Waals surface area contributed by atoms with Crippen molar-refractivity contribution < 1.29 is 19.2 Å². The van der Waals surface area contributed by atoms with Crippen molar-refractivity contribution in [1.82, 2.24) is 9.55 Å². The van der Waals surface area contributed by atoms with Crippen molar-refractivity contribution in [3.8, 4) is 0 Å². The highest BCUT2D eigenvalue weighted by Crippen LogP contribution is 2.24. The lowest BCUT2D eigenvalue weighted by Gasteiger charge is -2.08. The summed E-state index contributed by atoms with van der Waals surface area (Å²) in [5.74, 6) is -1.11. The lowest BCUT2D eigenvalue weighted by Crippen LogP contribution is -2.28. The number of nitrogens with one attached hydrogen (secondary N) is 1. The number of nitro groups is 1. The number of carbonyl (C=O) groups is 2. The van der Waals surface area contributed by atoms with Crippen LogP contribution in [0.1, 0.15) is 17.3 Å². The lowest BCUT2D eigenvalue weighted by atomic mass is 10.2. The van der Waals surface area contributed by atoms with Gasteiger partial charge in [0.15, 0.2) is 0 Å². The fourth-order valence-electron chi connectivity index (χ4n) is 2.47. The Balaban J connectivity index is 1.83. The number of aromatic nitrogens is 2. The number of rotatable bonds is 6. The summed E-state index contributed by atoms with van der Waals surface area (Å²) in [4.78, 5) is 51.1. The first-order valence-electron chi connectivity index (χ1n) is 8.08. The van der Waals surface area contributed by atoms with Gasteiger partial charge in [-0.3, -0.25) is 24.3 Å². The van der Waals surface area contributed by atoms with Crippen LogP contribution < -0.4 is 10.9 Å². The van der Waals surface area contributed by atoms with E-state index in [1.165, 1.54) is 24.5 Å². The zero-order chi connectivity index (χ0) is 20.3. The van der Waals surface area contributed by atoms with E-state index in [4.69, 9.17) is 4.74 Å².